The summed E-state index contributed by atoms with van der Waals surface area (Å²) in [5.74, 6) is -5.57. The third-order valence-electron chi connectivity index (χ3n) is 7.44. The first-order valence-corrected chi connectivity index (χ1v) is 13.8. The molecule has 252 valence electrons. The predicted molar refractivity (Wildman–Crippen MR) is 156 cm³/mol. The first-order chi connectivity index (χ1) is 22.1. The van der Waals surface area contributed by atoms with Gasteiger partial charge in [0.1, 0.15) is 48.3 Å². The number of terminal acetylenes is 1. The van der Waals surface area contributed by atoms with Crippen LogP contribution in [0.3, 0.4) is 0 Å². The van der Waals surface area contributed by atoms with Crippen molar-refractivity contribution in [2.24, 2.45) is 0 Å². The molecule has 1 heterocycles. The van der Waals surface area contributed by atoms with E-state index in [0.717, 1.165) is 30.3 Å². The molecule has 12 N–H and O–H groups in total. The number of aromatic hydroxyl groups is 8. The Labute approximate surface area is 265 Å². The van der Waals surface area contributed by atoms with E-state index in [0.29, 0.717) is 0 Å². The van der Waals surface area contributed by atoms with Gasteiger partial charge in [0.05, 0.1) is 18.3 Å². The van der Waals surface area contributed by atoms with Crippen LogP contribution in [0.1, 0.15) is 33.2 Å². The molecule has 0 radical (unpaired) electrons. The maximum absolute atomic E-state index is 13.1. The summed E-state index contributed by atoms with van der Waals surface area (Å²) in [6, 6.07) is 4.41. The highest BCUT2D eigenvalue weighted by Gasteiger charge is 2.40. The summed E-state index contributed by atoms with van der Waals surface area (Å²) >= 11 is 0. The second-order valence-corrected chi connectivity index (χ2v) is 10.7. The smallest absolute Gasteiger partial charge is 0.338 e. The molecule has 0 fully saturated rings. The number of carbonyl (C=O) groups excluding carboxylic acids is 1. The van der Waals surface area contributed by atoms with Crippen LogP contribution < -0.4 is 4.74 Å². The van der Waals surface area contributed by atoms with Crippen molar-refractivity contribution in [3.63, 3.8) is 0 Å². The Morgan fingerprint density at radius 3 is 1.94 bits per heavy atom. The van der Waals surface area contributed by atoms with Crippen LogP contribution in [0.15, 0.2) is 30.3 Å². The SMILES string of the molecule is C#CCOC[C@@H](O)[C@H](O)[C@@H](O)[C@H](O)Cc1c(O)cc(O)c2c1O[C@@H](c1cc(O)c(O)c(O)c1)[C@@H](OC(=O)c1cc(O)c(O)c(O)c1)C2. The molecule has 0 bridgehead atoms. The van der Waals surface area contributed by atoms with Crippen molar-refractivity contribution in [2.75, 3.05) is 13.2 Å². The van der Waals surface area contributed by atoms with Crippen LogP contribution in [0.5, 0.6) is 51.7 Å². The summed E-state index contributed by atoms with van der Waals surface area (Å²) in [5, 5.41) is 123. The lowest BCUT2D eigenvalue weighted by Crippen LogP contribution is -2.47. The van der Waals surface area contributed by atoms with Crippen LogP contribution >= 0.6 is 0 Å². The Balaban J connectivity index is 1.71. The number of aliphatic hydroxyl groups is 4. The molecule has 3 aromatic carbocycles. The molecular formula is C31H32O16. The van der Waals surface area contributed by atoms with Crippen molar-refractivity contribution in [1.82, 2.24) is 0 Å². The van der Waals surface area contributed by atoms with E-state index in [2.05, 4.69) is 5.92 Å². The van der Waals surface area contributed by atoms with Gasteiger partial charge < -0.3 is 75.5 Å². The van der Waals surface area contributed by atoms with E-state index < -0.39 is 114 Å². The number of fused-ring (bicyclic) bond motifs is 1. The molecule has 1 aliphatic heterocycles. The maximum atomic E-state index is 13.1. The van der Waals surface area contributed by atoms with Gasteiger partial charge in [-0.15, -0.1) is 6.42 Å². The zero-order valence-electron chi connectivity index (χ0n) is 24.3. The maximum Gasteiger partial charge on any atom is 0.338 e. The normalized spacial score (nSPS) is 18.2. The Hall–Kier alpha value is -5.31. The Morgan fingerprint density at radius 1 is 0.809 bits per heavy atom. The Kier molecular flexibility index (Phi) is 10.3. The van der Waals surface area contributed by atoms with Gasteiger partial charge in [0.15, 0.2) is 40.6 Å². The first-order valence-electron chi connectivity index (χ1n) is 13.8. The highest BCUT2D eigenvalue weighted by Crippen LogP contribution is 2.48. The molecule has 0 aliphatic carbocycles. The Morgan fingerprint density at radius 2 is 1.36 bits per heavy atom. The van der Waals surface area contributed by atoms with Crippen molar-refractivity contribution in [3.8, 4) is 64.1 Å². The number of ether oxygens (including phenoxy) is 3. The lowest BCUT2D eigenvalue weighted by atomic mass is 9.89. The molecule has 0 saturated carbocycles. The van der Waals surface area contributed by atoms with E-state index in [9.17, 15) is 66.1 Å². The van der Waals surface area contributed by atoms with Gasteiger partial charge in [-0.25, -0.2) is 4.79 Å². The standard InChI is InChI=1S/C31H32O16/c1-2-3-45-11-23(39)28(43)27(42)22(38)8-14-16(32)10-17(33)15-9-24(46-31(44)13-6-20(36)26(41)21(37)7-13)29(47-30(14)15)12-4-18(34)25(40)19(35)5-12/h1,4-7,10,22-24,27-29,32-43H,3,8-9,11H2/t22-,23-,24+,27+,28+,29+/m1/s1. The fraction of sp³-hybridized carbons (Fsp3) is 0.323. The van der Waals surface area contributed by atoms with Gasteiger partial charge >= 0.3 is 5.97 Å². The lowest BCUT2D eigenvalue weighted by molar-refractivity contribution is -0.119. The predicted octanol–water partition coefficient (Wildman–Crippen LogP) is -0.131. The Bertz CT molecular complexity index is 1630. The minimum Gasteiger partial charge on any atom is -0.507 e. The largest absolute Gasteiger partial charge is 0.507 e. The average molecular weight is 661 g/mol. The van der Waals surface area contributed by atoms with Crippen molar-refractivity contribution in [3.05, 3.63) is 52.6 Å². The number of hydrogen-bond donors (Lipinski definition) is 12. The number of esters is 1. The summed E-state index contributed by atoms with van der Waals surface area (Å²) in [6.07, 6.45) is -6.34. The average Bonchev–Trinajstić information content (AvgIpc) is 3.02. The van der Waals surface area contributed by atoms with E-state index in [-0.39, 0.29) is 29.0 Å². The molecule has 0 saturated heterocycles. The molecule has 4 rings (SSSR count). The molecular weight excluding hydrogens is 628 g/mol. The number of aliphatic hydroxyl groups excluding tert-OH is 4. The lowest BCUT2D eigenvalue weighted by Gasteiger charge is -2.36. The van der Waals surface area contributed by atoms with Gasteiger partial charge in [-0.05, 0) is 24.3 Å². The highest BCUT2D eigenvalue weighted by atomic mass is 16.6. The second kappa shape index (κ2) is 14.0. The van der Waals surface area contributed by atoms with Crippen LogP contribution in [0, 0.1) is 12.3 Å². The molecule has 47 heavy (non-hydrogen) atoms. The van der Waals surface area contributed by atoms with Crippen LogP contribution in [0.4, 0.5) is 0 Å². The minimum absolute atomic E-state index is 0.0829. The number of rotatable bonds is 11. The monoisotopic (exact) mass is 660 g/mol. The van der Waals surface area contributed by atoms with Crippen molar-refractivity contribution >= 4 is 5.97 Å². The van der Waals surface area contributed by atoms with Gasteiger partial charge in [-0.1, -0.05) is 5.92 Å². The molecule has 0 spiro atoms. The van der Waals surface area contributed by atoms with E-state index in [1.54, 1.807) is 0 Å². The molecule has 0 amide bonds. The molecule has 3 aromatic rings. The van der Waals surface area contributed by atoms with Gasteiger partial charge in [-0.3, -0.25) is 0 Å². The molecule has 16 heteroatoms. The molecule has 1 aliphatic rings. The molecule has 0 aromatic heterocycles. The number of phenolic OH excluding ortho intramolecular Hbond substituents is 8. The number of benzene rings is 3. The van der Waals surface area contributed by atoms with Gasteiger partial charge in [0.2, 0.25) is 0 Å². The van der Waals surface area contributed by atoms with Crippen LogP contribution in [0.25, 0.3) is 0 Å². The summed E-state index contributed by atoms with van der Waals surface area (Å²) in [7, 11) is 0. The highest BCUT2D eigenvalue weighted by molar-refractivity contribution is 5.91. The van der Waals surface area contributed by atoms with Crippen LogP contribution in [-0.4, -0.2) is 111 Å². The van der Waals surface area contributed by atoms with E-state index in [1.165, 1.54) is 0 Å². The fourth-order valence-corrected chi connectivity index (χ4v) is 4.99. The summed E-state index contributed by atoms with van der Waals surface area (Å²) in [4.78, 5) is 13.1. The number of hydrogen-bond acceptors (Lipinski definition) is 16. The van der Waals surface area contributed by atoms with Crippen molar-refractivity contribution < 1.29 is 80.3 Å². The zero-order valence-corrected chi connectivity index (χ0v) is 24.3. The molecule has 6 atom stereocenters. The van der Waals surface area contributed by atoms with Crippen molar-refractivity contribution in [1.29, 1.82) is 0 Å². The quantitative estimate of drug-likeness (QED) is 0.0552. The minimum atomic E-state index is -2.00. The van der Waals surface area contributed by atoms with E-state index >= 15 is 0 Å². The summed E-state index contributed by atoms with van der Waals surface area (Å²) in [6.45, 7) is -0.670. The molecule has 0 unspecified atom stereocenters. The molecule has 16 nitrogen and oxygen atoms in total. The topological polar surface area (TPSA) is 288 Å². The summed E-state index contributed by atoms with van der Waals surface area (Å²) < 4.78 is 16.5. The fourth-order valence-electron chi connectivity index (χ4n) is 4.99. The number of phenols is 8. The van der Waals surface area contributed by atoms with E-state index in [4.69, 9.17) is 20.6 Å². The zero-order chi connectivity index (χ0) is 34.7. The third kappa shape index (κ3) is 7.25. The van der Waals surface area contributed by atoms with Gasteiger partial charge in [-0.2, -0.15) is 0 Å². The number of carbonyl (C=O) groups is 1. The van der Waals surface area contributed by atoms with Gasteiger partial charge in [0.25, 0.3) is 0 Å². The van der Waals surface area contributed by atoms with Gasteiger partial charge in [0, 0.05) is 35.6 Å². The third-order valence-corrected chi connectivity index (χ3v) is 7.44. The van der Waals surface area contributed by atoms with Crippen LogP contribution in [-0.2, 0) is 22.3 Å². The van der Waals surface area contributed by atoms with Crippen molar-refractivity contribution in [2.45, 2.75) is 49.5 Å². The summed E-state index contributed by atoms with van der Waals surface area (Å²) in [5.41, 5.74) is -0.820. The van der Waals surface area contributed by atoms with Crippen LogP contribution in [0.2, 0.25) is 0 Å². The first kappa shape index (κ1) is 34.6. The second-order valence-electron chi connectivity index (χ2n) is 10.7. The van der Waals surface area contributed by atoms with E-state index in [1.807, 2.05) is 0 Å².